The van der Waals surface area contributed by atoms with Crippen molar-refractivity contribution in [1.82, 2.24) is 0 Å². The van der Waals surface area contributed by atoms with Gasteiger partial charge in [-0.25, -0.2) is 0 Å². The average Bonchev–Trinajstić information content (AvgIpc) is 2.81. The van der Waals surface area contributed by atoms with Gasteiger partial charge < -0.3 is 16.4 Å². The molecule has 0 spiro atoms. The first-order chi connectivity index (χ1) is 9.54. The van der Waals surface area contributed by atoms with E-state index in [-0.39, 0.29) is 0 Å². The molecule has 0 saturated carbocycles. The second-order valence-corrected chi connectivity index (χ2v) is 5.32. The van der Waals surface area contributed by atoms with Crippen LogP contribution in [0.1, 0.15) is 21.5 Å². The number of rotatable bonds is 2. The van der Waals surface area contributed by atoms with E-state index in [9.17, 15) is 4.79 Å². The molecule has 0 bridgehead atoms. The Kier molecular flexibility index (Phi) is 3.03. The highest BCUT2D eigenvalue weighted by atomic mass is 35.5. The van der Waals surface area contributed by atoms with Crippen molar-refractivity contribution in [2.45, 2.75) is 13.1 Å². The monoisotopic (exact) mass is 287 g/mol. The molecule has 0 unspecified atom stereocenters. The quantitative estimate of drug-likeness (QED) is 0.834. The fraction of sp³-hybridized carbons (Fsp3) is 0.133. The Bertz CT molecular complexity index is 700. The fourth-order valence-electron chi connectivity index (χ4n) is 2.50. The summed E-state index contributed by atoms with van der Waals surface area (Å²) in [5, 5.41) is 0.380. The van der Waals surface area contributed by atoms with Crippen LogP contribution in [0.3, 0.4) is 0 Å². The number of nitrogens with zero attached hydrogens (tertiary/aromatic N) is 1. The van der Waals surface area contributed by atoms with E-state index >= 15 is 0 Å². The Hall–Kier alpha value is -2.20. The summed E-state index contributed by atoms with van der Waals surface area (Å²) in [6, 6.07) is 11.2. The maximum absolute atomic E-state index is 11.2. The summed E-state index contributed by atoms with van der Waals surface area (Å²) in [5.74, 6) is -0.515. The van der Waals surface area contributed by atoms with Gasteiger partial charge in [0, 0.05) is 24.5 Å². The molecule has 0 fully saturated rings. The van der Waals surface area contributed by atoms with E-state index in [1.807, 2.05) is 24.3 Å². The predicted octanol–water partition coefficient (Wildman–Crippen LogP) is 2.54. The van der Waals surface area contributed by atoms with Crippen molar-refractivity contribution in [3.8, 4) is 0 Å². The number of amides is 1. The normalized spacial score (nSPS) is 13.3. The van der Waals surface area contributed by atoms with Crippen LogP contribution in [0.15, 0.2) is 36.4 Å². The average molecular weight is 288 g/mol. The van der Waals surface area contributed by atoms with Crippen LogP contribution in [0.4, 0.5) is 11.4 Å². The third kappa shape index (κ3) is 2.18. The molecule has 1 aliphatic heterocycles. The zero-order valence-corrected chi connectivity index (χ0v) is 11.5. The molecule has 1 aliphatic rings. The Morgan fingerprint density at radius 2 is 1.85 bits per heavy atom. The summed E-state index contributed by atoms with van der Waals surface area (Å²) in [7, 11) is 0. The Morgan fingerprint density at radius 1 is 1.10 bits per heavy atom. The minimum absolute atomic E-state index is 0.344. The molecule has 102 valence electrons. The Balaban J connectivity index is 1.89. The highest BCUT2D eigenvalue weighted by Gasteiger charge is 2.20. The van der Waals surface area contributed by atoms with Crippen molar-refractivity contribution in [2.75, 3.05) is 10.6 Å². The maximum Gasteiger partial charge on any atom is 0.250 e. The van der Waals surface area contributed by atoms with Gasteiger partial charge >= 0.3 is 0 Å². The van der Waals surface area contributed by atoms with E-state index in [0.29, 0.717) is 10.6 Å². The van der Waals surface area contributed by atoms with Gasteiger partial charge in [0.1, 0.15) is 0 Å². The number of benzene rings is 2. The van der Waals surface area contributed by atoms with Gasteiger partial charge in [0.2, 0.25) is 5.91 Å². The highest BCUT2D eigenvalue weighted by molar-refractivity contribution is 6.34. The van der Waals surface area contributed by atoms with Crippen molar-refractivity contribution in [2.24, 2.45) is 5.73 Å². The van der Waals surface area contributed by atoms with Crippen LogP contribution in [-0.4, -0.2) is 5.91 Å². The predicted molar refractivity (Wildman–Crippen MR) is 80.7 cm³/mol. The maximum atomic E-state index is 11.2. The molecule has 0 aromatic heterocycles. The fourth-order valence-corrected chi connectivity index (χ4v) is 2.77. The Labute approximate surface area is 121 Å². The number of carbonyl (C=O) groups excluding carboxylic acids is 1. The summed E-state index contributed by atoms with van der Waals surface area (Å²) < 4.78 is 0. The standard InChI is InChI=1S/C15H14ClN3O/c16-14-6-12(3-4-13(14)15(18)20)19-7-9-1-2-11(17)5-10(9)8-19/h1-6H,7-8,17H2,(H2,18,20). The molecule has 2 aromatic carbocycles. The first kappa shape index (κ1) is 12.8. The molecular formula is C15H14ClN3O. The lowest BCUT2D eigenvalue weighted by Gasteiger charge is -2.18. The van der Waals surface area contributed by atoms with Gasteiger partial charge in [-0.3, -0.25) is 4.79 Å². The van der Waals surface area contributed by atoms with Gasteiger partial charge in [-0.2, -0.15) is 0 Å². The number of carbonyl (C=O) groups is 1. The first-order valence-electron chi connectivity index (χ1n) is 6.26. The molecule has 4 nitrogen and oxygen atoms in total. The summed E-state index contributed by atoms with van der Waals surface area (Å²) in [5.41, 5.74) is 15.6. The first-order valence-corrected chi connectivity index (χ1v) is 6.64. The van der Waals surface area contributed by atoms with E-state index in [2.05, 4.69) is 4.90 Å². The number of hydrogen-bond donors (Lipinski definition) is 2. The number of nitrogens with two attached hydrogens (primary N) is 2. The summed E-state index contributed by atoms with van der Waals surface area (Å²) in [6.45, 7) is 1.59. The van der Waals surface area contributed by atoms with Crippen LogP contribution in [0.5, 0.6) is 0 Å². The summed E-state index contributed by atoms with van der Waals surface area (Å²) in [4.78, 5) is 13.4. The lowest BCUT2D eigenvalue weighted by Crippen LogP contribution is -2.16. The SMILES string of the molecule is NC(=O)c1ccc(N2Cc3ccc(N)cc3C2)cc1Cl. The van der Waals surface area contributed by atoms with Gasteiger partial charge in [-0.05, 0) is 41.5 Å². The third-order valence-electron chi connectivity index (χ3n) is 3.54. The van der Waals surface area contributed by atoms with Gasteiger partial charge in [-0.15, -0.1) is 0 Å². The molecule has 0 atom stereocenters. The van der Waals surface area contributed by atoms with E-state index in [4.69, 9.17) is 23.1 Å². The lowest BCUT2D eigenvalue weighted by molar-refractivity contribution is 0.100. The second kappa shape index (κ2) is 4.72. The van der Waals surface area contributed by atoms with E-state index in [1.165, 1.54) is 11.1 Å². The van der Waals surface area contributed by atoms with Crippen molar-refractivity contribution in [1.29, 1.82) is 0 Å². The van der Waals surface area contributed by atoms with E-state index < -0.39 is 5.91 Å². The van der Waals surface area contributed by atoms with Crippen LogP contribution >= 0.6 is 11.6 Å². The smallest absolute Gasteiger partial charge is 0.250 e. The van der Waals surface area contributed by atoms with Gasteiger partial charge in [0.25, 0.3) is 0 Å². The molecule has 0 radical (unpaired) electrons. The van der Waals surface area contributed by atoms with E-state index in [1.54, 1.807) is 12.1 Å². The van der Waals surface area contributed by atoms with Crippen LogP contribution in [0, 0.1) is 0 Å². The molecule has 2 aromatic rings. The molecular weight excluding hydrogens is 274 g/mol. The second-order valence-electron chi connectivity index (χ2n) is 4.91. The minimum Gasteiger partial charge on any atom is -0.399 e. The highest BCUT2D eigenvalue weighted by Crippen LogP contribution is 2.31. The molecule has 1 heterocycles. The van der Waals surface area contributed by atoms with Crippen LogP contribution < -0.4 is 16.4 Å². The van der Waals surface area contributed by atoms with Crippen molar-refractivity contribution >= 4 is 28.9 Å². The number of fused-ring (bicyclic) bond motifs is 1. The molecule has 1 amide bonds. The number of hydrogen-bond acceptors (Lipinski definition) is 3. The van der Waals surface area contributed by atoms with Crippen LogP contribution in [0.25, 0.3) is 0 Å². The minimum atomic E-state index is -0.515. The molecule has 0 saturated heterocycles. The summed E-state index contributed by atoms with van der Waals surface area (Å²) >= 11 is 6.09. The molecule has 0 aliphatic carbocycles. The molecule has 20 heavy (non-hydrogen) atoms. The van der Waals surface area contributed by atoms with E-state index in [0.717, 1.165) is 24.5 Å². The third-order valence-corrected chi connectivity index (χ3v) is 3.85. The van der Waals surface area contributed by atoms with Crippen molar-refractivity contribution in [3.63, 3.8) is 0 Å². The van der Waals surface area contributed by atoms with Crippen molar-refractivity contribution < 1.29 is 4.79 Å². The molecule has 4 N–H and O–H groups in total. The summed E-state index contributed by atoms with van der Waals surface area (Å²) in [6.07, 6.45) is 0. The van der Waals surface area contributed by atoms with Crippen LogP contribution in [0.2, 0.25) is 5.02 Å². The number of anilines is 2. The van der Waals surface area contributed by atoms with Gasteiger partial charge in [-0.1, -0.05) is 17.7 Å². The topological polar surface area (TPSA) is 72.4 Å². The van der Waals surface area contributed by atoms with Gasteiger partial charge in [0.05, 0.1) is 10.6 Å². The zero-order chi connectivity index (χ0) is 14.3. The largest absolute Gasteiger partial charge is 0.399 e. The number of halogens is 1. The van der Waals surface area contributed by atoms with Gasteiger partial charge in [0.15, 0.2) is 0 Å². The Morgan fingerprint density at radius 3 is 2.55 bits per heavy atom. The molecule has 3 rings (SSSR count). The van der Waals surface area contributed by atoms with Crippen LogP contribution in [-0.2, 0) is 13.1 Å². The van der Waals surface area contributed by atoms with Crippen molar-refractivity contribution in [3.05, 3.63) is 58.1 Å². The molecule has 5 heteroatoms. The number of nitrogen functional groups attached to an aromatic ring is 1. The zero-order valence-electron chi connectivity index (χ0n) is 10.8. The number of primary amides is 1. The lowest BCUT2D eigenvalue weighted by atomic mass is 10.1.